The summed E-state index contributed by atoms with van der Waals surface area (Å²) in [7, 11) is 3.17. The second kappa shape index (κ2) is 13.6. The number of carbonyl (C=O) groups is 1. The number of anilines is 2. The summed E-state index contributed by atoms with van der Waals surface area (Å²) in [6, 6.07) is 5.21. The van der Waals surface area contributed by atoms with E-state index in [1.807, 2.05) is 0 Å². The largest absolute Gasteiger partial charge is 0.467 e. The Kier molecular flexibility index (Phi) is 9.39. The van der Waals surface area contributed by atoms with Crippen LogP contribution >= 0.6 is 11.6 Å². The number of nitrogens with one attached hydrogen (secondary N) is 1. The van der Waals surface area contributed by atoms with E-state index < -0.39 is 19.1 Å². The predicted octanol–water partition coefficient (Wildman–Crippen LogP) is 4.89. The summed E-state index contributed by atoms with van der Waals surface area (Å²) in [6.07, 6.45) is 6.16. The van der Waals surface area contributed by atoms with Gasteiger partial charge in [0.2, 0.25) is 5.95 Å². The van der Waals surface area contributed by atoms with E-state index in [1.54, 1.807) is 37.8 Å². The van der Waals surface area contributed by atoms with Gasteiger partial charge in [-0.1, -0.05) is 11.6 Å². The number of hydrogen-bond donors (Lipinski definition) is 1. The third-order valence-corrected chi connectivity index (χ3v) is 7.26. The maximum atomic E-state index is 13.1. The van der Waals surface area contributed by atoms with Crippen molar-refractivity contribution < 1.29 is 23.0 Å². The van der Waals surface area contributed by atoms with Crippen molar-refractivity contribution in [2.45, 2.75) is 44.2 Å². The maximum Gasteiger partial charge on any atom is 0.415 e. The zero-order valence-corrected chi connectivity index (χ0v) is 24.4. The lowest BCUT2D eigenvalue weighted by atomic mass is 9.90. The highest BCUT2D eigenvalue weighted by Gasteiger charge is 2.33. The highest BCUT2D eigenvalue weighted by molar-refractivity contribution is 6.33. The summed E-state index contributed by atoms with van der Waals surface area (Å²) in [5.41, 5.74) is 2.23. The van der Waals surface area contributed by atoms with Crippen LogP contribution in [-0.4, -0.2) is 73.0 Å². The van der Waals surface area contributed by atoms with Crippen molar-refractivity contribution >= 4 is 29.5 Å². The van der Waals surface area contributed by atoms with Gasteiger partial charge in [-0.05, 0) is 43.4 Å². The Hall–Kier alpha value is -4.97. The van der Waals surface area contributed by atoms with Gasteiger partial charge in [0.25, 0.3) is 6.43 Å². The minimum Gasteiger partial charge on any atom is -0.467 e. The van der Waals surface area contributed by atoms with E-state index >= 15 is 0 Å². The Labute approximate surface area is 255 Å². The number of carbonyl (C=O) groups excluding carboxylic acids is 1. The van der Waals surface area contributed by atoms with Crippen molar-refractivity contribution in [3.63, 3.8) is 0 Å². The third-order valence-electron chi connectivity index (χ3n) is 6.98. The number of aromatic nitrogens is 7. The fourth-order valence-corrected chi connectivity index (χ4v) is 5.20. The van der Waals surface area contributed by atoms with Crippen LogP contribution < -0.4 is 15.0 Å². The molecular weight excluding hydrogens is 598 g/mol. The second-order valence-corrected chi connectivity index (χ2v) is 10.3. The van der Waals surface area contributed by atoms with Gasteiger partial charge in [-0.2, -0.15) is 10.4 Å². The van der Waals surface area contributed by atoms with Crippen molar-refractivity contribution in [3.8, 4) is 34.6 Å². The van der Waals surface area contributed by atoms with E-state index in [-0.39, 0.29) is 29.5 Å². The van der Waals surface area contributed by atoms with Crippen LogP contribution in [0, 0.1) is 11.3 Å². The molecule has 1 amide bonds. The Bertz CT molecular complexity index is 1660. The molecule has 0 unspecified atom stereocenters. The Balaban J connectivity index is 1.33. The van der Waals surface area contributed by atoms with Gasteiger partial charge in [-0.3, -0.25) is 9.58 Å². The van der Waals surface area contributed by atoms with Crippen LogP contribution in [0.1, 0.15) is 31.2 Å². The zero-order valence-electron chi connectivity index (χ0n) is 23.7. The molecule has 1 aliphatic rings. The van der Waals surface area contributed by atoms with Crippen LogP contribution in [0.15, 0.2) is 43.1 Å². The molecule has 0 spiro atoms. The molecule has 0 bridgehead atoms. The first-order chi connectivity index (χ1) is 21.2. The lowest BCUT2D eigenvalue weighted by molar-refractivity contribution is 0.0505. The number of aryl methyl sites for hydroxylation is 1. The molecule has 0 aliphatic heterocycles. The summed E-state index contributed by atoms with van der Waals surface area (Å²) >= 11 is 6.30. The minimum atomic E-state index is -2.81. The standard InChI is InChI=1S/C28H27ClF2N10O3/c1-40-14-21(29)25(39-40)24-17(10-32)11-34-26(38-24)37-19-3-5-20(6-4-19)41(28(42)44-15-22(30)31)23-9-16(7-8-33-23)18-12-35-27(43-2)36-13-18/h7-9,11-14,19-20,22H,3-6,15H2,1-2H3,(H,34,37,38)/t19-,20-. The SMILES string of the molecule is COc1ncc(-c2ccnc(N(C(=O)OCC(F)F)[C@H]3CC[C@H](Nc4ncc(C#N)c(-c5nn(C)cc5Cl)n4)CC3)c2)cn1. The number of halogens is 3. The number of hydrogen-bond acceptors (Lipinski definition) is 11. The van der Waals surface area contributed by atoms with Crippen molar-refractivity contribution in [2.24, 2.45) is 7.05 Å². The normalized spacial score (nSPS) is 16.3. The molecule has 1 fully saturated rings. The molecular formula is C28H27ClF2N10O3. The predicted molar refractivity (Wildman–Crippen MR) is 155 cm³/mol. The highest BCUT2D eigenvalue weighted by Crippen LogP contribution is 2.32. The topological polar surface area (TPSA) is 157 Å². The lowest BCUT2D eigenvalue weighted by Gasteiger charge is -2.36. The summed E-state index contributed by atoms with van der Waals surface area (Å²) in [4.78, 5) is 35.8. The number of pyridine rings is 1. The Morgan fingerprint density at radius 2 is 1.91 bits per heavy atom. The molecule has 4 heterocycles. The lowest BCUT2D eigenvalue weighted by Crippen LogP contribution is -2.45. The fraction of sp³-hybridized carbons (Fsp3) is 0.357. The van der Waals surface area contributed by atoms with Gasteiger partial charge in [0.05, 0.1) is 23.9 Å². The number of nitriles is 1. The molecule has 0 atom stereocenters. The van der Waals surface area contributed by atoms with Crippen LogP contribution in [0.25, 0.3) is 22.5 Å². The van der Waals surface area contributed by atoms with Crippen molar-refractivity contribution in [3.05, 3.63) is 53.7 Å². The average Bonchev–Trinajstić information content (AvgIpc) is 3.38. The van der Waals surface area contributed by atoms with Crippen LogP contribution in [0.3, 0.4) is 0 Å². The molecule has 13 nitrogen and oxygen atoms in total. The number of methoxy groups -OCH3 is 1. The van der Waals surface area contributed by atoms with Crippen molar-refractivity contribution in [1.82, 2.24) is 34.7 Å². The van der Waals surface area contributed by atoms with E-state index in [4.69, 9.17) is 21.1 Å². The monoisotopic (exact) mass is 624 g/mol. The smallest absolute Gasteiger partial charge is 0.415 e. The third kappa shape index (κ3) is 6.97. The van der Waals surface area contributed by atoms with E-state index in [0.29, 0.717) is 59.2 Å². The van der Waals surface area contributed by atoms with E-state index in [9.17, 15) is 18.8 Å². The van der Waals surface area contributed by atoms with Gasteiger partial charge < -0.3 is 14.8 Å². The number of alkyl halides is 2. The average molecular weight is 625 g/mol. The van der Waals surface area contributed by atoms with Crippen molar-refractivity contribution in [2.75, 3.05) is 23.9 Å². The molecule has 16 heteroatoms. The molecule has 228 valence electrons. The van der Waals surface area contributed by atoms with Gasteiger partial charge in [0, 0.05) is 49.5 Å². The van der Waals surface area contributed by atoms with Gasteiger partial charge in [-0.25, -0.2) is 38.5 Å². The molecule has 1 N–H and O–H groups in total. The van der Waals surface area contributed by atoms with E-state index in [0.717, 1.165) is 0 Å². The molecule has 5 rings (SSSR count). The summed E-state index contributed by atoms with van der Waals surface area (Å²) in [5, 5.41) is 17.5. The number of ether oxygens (including phenoxy) is 2. The summed E-state index contributed by atoms with van der Waals surface area (Å²) in [6.45, 7) is -1.03. The first-order valence-corrected chi connectivity index (χ1v) is 13.9. The van der Waals surface area contributed by atoms with Crippen molar-refractivity contribution in [1.29, 1.82) is 5.26 Å². The fourth-order valence-electron chi connectivity index (χ4n) is 4.93. The minimum absolute atomic E-state index is 0.0686. The Morgan fingerprint density at radius 3 is 2.55 bits per heavy atom. The molecule has 4 aromatic rings. The van der Waals surface area contributed by atoms with E-state index in [2.05, 4.69) is 41.4 Å². The summed E-state index contributed by atoms with van der Waals surface area (Å²) in [5.74, 6) is 0.551. The molecule has 0 aromatic carbocycles. The number of amides is 1. The van der Waals surface area contributed by atoms with Gasteiger partial charge in [0.15, 0.2) is 6.61 Å². The molecule has 1 saturated carbocycles. The second-order valence-electron chi connectivity index (χ2n) is 9.92. The van der Waals surface area contributed by atoms with E-state index in [1.165, 1.54) is 29.1 Å². The first-order valence-electron chi connectivity index (χ1n) is 13.6. The Morgan fingerprint density at radius 1 is 1.16 bits per heavy atom. The molecule has 4 aromatic heterocycles. The van der Waals surface area contributed by atoms with Crippen LogP contribution in [0.4, 0.5) is 25.3 Å². The van der Waals surface area contributed by atoms with Gasteiger partial charge in [0.1, 0.15) is 23.3 Å². The van der Waals surface area contributed by atoms with Gasteiger partial charge >= 0.3 is 12.1 Å². The molecule has 44 heavy (non-hydrogen) atoms. The zero-order chi connectivity index (χ0) is 31.2. The summed E-state index contributed by atoms with van der Waals surface area (Å²) < 4.78 is 37.3. The van der Waals surface area contributed by atoms with Gasteiger partial charge in [-0.15, -0.1) is 0 Å². The number of rotatable bonds is 9. The maximum absolute atomic E-state index is 13.1. The molecule has 0 saturated heterocycles. The van der Waals surface area contributed by atoms with Crippen LogP contribution in [-0.2, 0) is 11.8 Å². The highest BCUT2D eigenvalue weighted by atomic mass is 35.5. The van der Waals surface area contributed by atoms with Crippen LogP contribution in [0.5, 0.6) is 6.01 Å². The first kappa shape index (κ1) is 30.5. The molecule has 1 aliphatic carbocycles. The molecule has 0 radical (unpaired) electrons. The number of nitrogens with zero attached hydrogens (tertiary/aromatic N) is 9. The quantitative estimate of drug-likeness (QED) is 0.270. The van der Waals surface area contributed by atoms with Crippen LogP contribution in [0.2, 0.25) is 5.02 Å².